The van der Waals surface area contributed by atoms with E-state index in [-0.39, 0.29) is 35.2 Å². The Kier molecular flexibility index (Phi) is 5.07. The van der Waals surface area contributed by atoms with E-state index in [2.05, 4.69) is 5.32 Å². The zero-order valence-electron chi connectivity index (χ0n) is 16.4. The monoisotopic (exact) mass is 411 g/mol. The second-order valence-corrected chi connectivity index (χ2v) is 7.42. The van der Waals surface area contributed by atoms with Gasteiger partial charge in [-0.3, -0.25) is 4.79 Å². The van der Waals surface area contributed by atoms with Crippen LogP contribution in [0, 0.1) is 5.82 Å². The quantitative estimate of drug-likeness (QED) is 0.424. The third kappa shape index (κ3) is 3.24. The van der Waals surface area contributed by atoms with E-state index in [1.807, 2.05) is 37.3 Å². The first kappa shape index (κ1) is 19.8. The first-order valence-electron chi connectivity index (χ1n) is 9.73. The number of carbonyl (C=O) groups is 1. The van der Waals surface area contributed by atoms with E-state index < -0.39 is 22.8 Å². The molecule has 1 aliphatic rings. The highest BCUT2D eigenvalue weighted by molar-refractivity contribution is 6.03. The van der Waals surface area contributed by atoms with Crippen molar-refractivity contribution in [2.45, 2.75) is 25.8 Å². The van der Waals surface area contributed by atoms with Gasteiger partial charge in [-0.05, 0) is 25.3 Å². The van der Waals surface area contributed by atoms with Gasteiger partial charge in [0.1, 0.15) is 17.9 Å². The van der Waals surface area contributed by atoms with E-state index in [4.69, 9.17) is 10.5 Å². The average molecular weight is 411 g/mol. The molecule has 0 bridgehead atoms. The summed E-state index contributed by atoms with van der Waals surface area (Å²) in [5.74, 6) is -2.00. The molecule has 3 aromatic rings. The summed E-state index contributed by atoms with van der Waals surface area (Å²) in [5, 5.41) is 12.3. The number of nitrogens with zero attached hydrogens (tertiary/aromatic N) is 1. The van der Waals surface area contributed by atoms with E-state index in [9.17, 15) is 14.7 Å². The highest BCUT2D eigenvalue weighted by Crippen LogP contribution is 2.43. The molecule has 156 valence electrons. The minimum absolute atomic E-state index is 0.0937. The number of carboxylic acids is 1. The molecule has 4 N–H and O–H groups in total. The lowest BCUT2D eigenvalue weighted by Gasteiger charge is -2.29. The smallest absolute Gasteiger partial charge is 0.341 e. The van der Waals surface area contributed by atoms with Crippen LogP contribution in [0.2, 0.25) is 0 Å². The Balaban J connectivity index is 1.75. The maximum absolute atomic E-state index is 15.1. The lowest BCUT2D eigenvalue weighted by molar-refractivity contribution is 0.0694. The van der Waals surface area contributed by atoms with Crippen LogP contribution < -0.4 is 21.2 Å². The highest BCUT2D eigenvalue weighted by atomic mass is 19.1. The summed E-state index contributed by atoms with van der Waals surface area (Å²) in [6.45, 7) is 2.51. The highest BCUT2D eigenvalue weighted by Gasteiger charge is 2.30. The number of hydrogen-bond acceptors (Lipinski definition) is 5. The second kappa shape index (κ2) is 7.70. The Morgan fingerprint density at radius 1 is 1.37 bits per heavy atom. The zero-order chi connectivity index (χ0) is 21.4. The summed E-state index contributed by atoms with van der Waals surface area (Å²) >= 11 is 0. The number of ether oxygens (including phenoxy) is 1. The molecular formula is C22H22FN3O4. The Morgan fingerprint density at radius 3 is 2.80 bits per heavy atom. The topological polar surface area (TPSA) is 107 Å². The molecule has 7 nitrogen and oxygen atoms in total. The molecule has 0 amide bonds. The zero-order valence-corrected chi connectivity index (χ0v) is 16.4. The number of anilines is 2. The molecule has 0 fully saturated rings. The van der Waals surface area contributed by atoms with Gasteiger partial charge in [-0.1, -0.05) is 30.3 Å². The van der Waals surface area contributed by atoms with Crippen molar-refractivity contribution in [1.82, 2.24) is 4.57 Å². The number of pyridine rings is 1. The lowest BCUT2D eigenvalue weighted by Crippen LogP contribution is -2.28. The van der Waals surface area contributed by atoms with Crippen LogP contribution in [0.25, 0.3) is 10.9 Å². The summed E-state index contributed by atoms with van der Waals surface area (Å²) in [4.78, 5) is 24.2. The number of nitrogens with one attached hydrogen (secondary N) is 1. The van der Waals surface area contributed by atoms with Crippen molar-refractivity contribution in [1.29, 1.82) is 0 Å². The van der Waals surface area contributed by atoms with Crippen LogP contribution in [0.3, 0.4) is 0 Å². The molecule has 0 saturated heterocycles. The van der Waals surface area contributed by atoms with Crippen molar-refractivity contribution in [2.75, 3.05) is 24.2 Å². The molecule has 2 aromatic carbocycles. The summed E-state index contributed by atoms with van der Waals surface area (Å²) in [6, 6.07) is 9.71. The molecule has 4 rings (SSSR count). The lowest BCUT2D eigenvalue weighted by atomic mass is 10.0. The van der Waals surface area contributed by atoms with Crippen molar-refractivity contribution in [3.05, 3.63) is 63.7 Å². The number of nitrogens with two attached hydrogens (primary N) is 1. The maximum atomic E-state index is 15.1. The van der Waals surface area contributed by atoms with Crippen molar-refractivity contribution in [3.63, 3.8) is 0 Å². The van der Waals surface area contributed by atoms with E-state index in [1.165, 1.54) is 11.8 Å². The van der Waals surface area contributed by atoms with Gasteiger partial charge in [-0.2, -0.15) is 0 Å². The van der Waals surface area contributed by atoms with Gasteiger partial charge in [0.05, 0.1) is 22.6 Å². The van der Waals surface area contributed by atoms with Gasteiger partial charge in [-0.25, -0.2) is 9.18 Å². The van der Waals surface area contributed by atoms with Crippen molar-refractivity contribution < 1.29 is 19.0 Å². The first-order valence-corrected chi connectivity index (χ1v) is 9.73. The molecule has 8 heteroatoms. The predicted octanol–water partition coefficient (Wildman–Crippen LogP) is 3.42. The minimum atomic E-state index is -1.38. The normalized spacial score (nSPS) is 15.1. The first-order chi connectivity index (χ1) is 14.4. The molecule has 1 atom stereocenters. The van der Waals surface area contributed by atoms with Crippen molar-refractivity contribution in [2.24, 2.45) is 0 Å². The van der Waals surface area contributed by atoms with Crippen molar-refractivity contribution >= 4 is 28.2 Å². The van der Waals surface area contributed by atoms with Gasteiger partial charge in [0.2, 0.25) is 5.43 Å². The Labute approximate surface area is 171 Å². The van der Waals surface area contributed by atoms with Crippen LogP contribution in [0.4, 0.5) is 15.8 Å². The molecule has 1 aromatic heterocycles. The van der Waals surface area contributed by atoms with Gasteiger partial charge in [0.25, 0.3) is 0 Å². The number of nitrogen functional groups attached to an aromatic ring is 1. The van der Waals surface area contributed by atoms with Gasteiger partial charge >= 0.3 is 5.97 Å². The molecule has 0 spiro atoms. The van der Waals surface area contributed by atoms with Crippen molar-refractivity contribution in [3.8, 4) is 5.75 Å². The third-order valence-electron chi connectivity index (χ3n) is 5.36. The Bertz CT molecular complexity index is 1190. The minimum Gasteiger partial charge on any atom is -0.487 e. The second-order valence-electron chi connectivity index (χ2n) is 7.42. The summed E-state index contributed by atoms with van der Waals surface area (Å²) in [6.07, 6.45) is 2.85. The predicted molar refractivity (Wildman–Crippen MR) is 113 cm³/mol. The SMILES string of the molecule is C[C@@H]1COc2c(NCCCc3ccccc3)c(F)c(N)c3c(=O)c(C(=O)O)cn1c23. The molecule has 30 heavy (non-hydrogen) atoms. The Hall–Kier alpha value is -3.55. The molecule has 0 aliphatic carbocycles. The maximum Gasteiger partial charge on any atom is 0.341 e. The van der Waals surface area contributed by atoms with E-state index in [1.54, 1.807) is 4.57 Å². The van der Waals surface area contributed by atoms with Crippen LogP contribution in [0.5, 0.6) is 5.75 Å². The molecular weight excluding hydrogens is 389 g/mol. The fourth-order valence-corrected chi connectivity index (χ4v) is 3.81. The number of aryl methyl sites for hydroxylation is 1. The largest absolute Gasteiger partial charge is 0.487 e. The molecule has 0 radical (unpaired) electrons. The number of aromatic carboxylic acids is 1. The summed E-state index contributed by atoms with van der Waals surface area (Å²) in [7, 11) is 0. The standard InChI is InChI=1S/C22H22FN3O4/c1-12-11-30-21-18(25-9-5-8-13-6-3-2-4-7-13)16(23)17(24)15-19(21)26(12)10-14(20(15)27)22(28)29/h2-4,6-7,10,12,25H,5,8-9,11,24H2,1H3,(H,28,29)/t12-/m1/s1. The van der Waals surface area contributed by atoms with Crippen LogP contribution in [0.1, 0.15) is 35.3 Å². The van der Waals surface area contributed by atoms with E-state index >= 15 is 4.39 Å². The fraction of sp³-hybridized carbons (Fsp3) is 0.273. The van der Waals surface area contributed by atoms with Crippen LogP contribution in [-0.2, 0) is 6.42 Å². The number of rotatable bonds is 6. The Morgan fingerprint density at radius 2 is 2.10 bits per heavy atom. The van der Waals surface area contributed by atoms with Gasteiger partial charge in [0, 0.05) is 12.7 Å². The van der Waals surface area contributed by atoms with Crippen LogP contribution in [0.15, 0.2) is 41.3 Å². The fourth-order valence-electron chi connectivity index (χ4n) is 3.81. The van der Waals surface area contributed by atoms with Gasteiger partial charge < -0.3 is 25.5 Å². The van der Waals surface area contributed by atoms with E-state index in [0.29, 0.717) is 12.1 Å². The number of hydrogen-bond donors (Lipinski definition) is 3. The number of benzene rings is 2. The number of halogens is 1. The van der Waals surface area contributed by atoms with Crippen LogP contribution in [-0.4, -0.2) is 28.8 Å². The van der Waals surface area contributed by atoms with E-state index in [0.717, 1.165) is 12.8 Å². The third-order valence-corrected chi connectivity index (χ3v) is 5.36. The average Bonchev–Trinajstić information content (AvgIpc) is 2.73. The summed E-state index contributed by atoms with van der Waals surface area (Å²) < 4.78 is 22.5. The van der Waals surface area contributed by atoms with Gasteiger partial charge in [0.15, 0.2) is 11.6 Å². The molecule has 1 aliphatic heterocycles. The number of carboxylic acid groups (broad SMARTS) is 1. The molecule has 0 unspecified atom stereocenters. The summed E-state index contributed by atoms with van der Waals surface area (Å²) in [5.41, 5.74) is 5.91. The van der Waals surface area contributed by atoms with Gasteiger partial charge in [-0.15, -0.1) is 0 Å². The molecule has 2 heterocycles. The number of aromatic nitrogens is 1. The molecule has 0 saturated carbocycles. The van der Waals surface area contributed by atoms with Crippen LogP contribution >= 0.6 is 0 Å².